The Hall–Kier alpha value is -1.72. The third kappa shape index (κ3) is 3.62. The van der Waals surface area contributed by atoms with Crippen LogP contribution in [0.3, 0.4) is 0 Å². The van der Waals surface area contributed by atoms with E-state index in [0.717, 1.165) is 10.6 Å². The Morgan fingerprint density at radius 1 is 1.24 bits per heavy atom. The molecule has 1 aliphatic heterocycles. The zero-order valence-electron chi connectivity index (χ0n) is 14.7. The summed E-state index contributed by atoms with van der Waals surface area (Å²) in [7, 11) is 0. The molecule has 4 rings (SSSR count). The molecule has 25 heavy (non-hydrogen) atoms. The molecule has 0 N–H and O–H groups in total. The first-order valence-electron chi connectivity index (χ1n) is 9.07. The molecule has 2 heterocycles. The molecule has 2 fully saturated rings. The highest BCUT2D eigenvalue weighted by molar-refractivity contribution is 7.09. The molecule has 1 amide bonds. The van der Waals surface area contributed by atoms with Crippen molar-refractivity contribution in [2.45, 2.75) is 44.8 Å². The summed E-state index contributed by atoms with van der Waals surface area (Å²) in [5, 5.41) is 2.92. The molecule has 0 bridgehead atoms. The van der Waals surface area contributed by atoms with Gasteiger partial charge in [-0.3, -0.25) is 4.79 Å². The molecule has 132 valence electrons. The highest BCUT2D eigenvalue weighted by Crippen LogP contribution is 2.39. The summed E-state index contributed by atoms with van der Waals surface area (Å²) in [5.41, 5.74) is 1.73. The summed E-state index contributed by atoms with van der Waals surface area (Å²) in [6.45, 7) is 5.49. The van der Waals surface area contributed by atoms with Gasteiger partial charge in [-0.1, -0.05) is 44.2 Å². The second-order valence-corrected chi connectivity index (χ2v) is 8.24. The maximum absolute atomic E-state index is 13.0. The minimum absolute atomic E-state index is 0.0398. The highest BCUT2D eigenvalue weighted by Gasteiger charge is 2.40. The molecule has 2 atom stereocenters. The van der Waals surface area contributed by atoms with Crippen molar-refractivity contribution in [3.63, 3.8) is 0 Å². The maximum Gasteiger partial charge on any atom is 0.273 e. The van der Waals surface area contributed by atoms with Crippen LogP contribution < -0.4 is 0 Å². The number of amides is 1. The van der Waals surface area contributed by atoms with Crippen LogP contribution in [0.4, 0.5) is 0 Å². The molecular weight excluding hydrogens is 332 g/mol. The van der Waals surface area contributed by atoms with E-state index in [9.17, 15) is 4.79 Å². The molecule has 1 saturated heterocycles. The van der Waals surface area contributed by atoms with Crippen LogP contribution in [0.5, 0.6) is 0 Å². The molecule has 0 spiro atoms. The lowest BCUT2D eigenvalue weighted by Gasteiger charge is -2.38. The molecule has 1 aromatic carbocycles. The SMILES string of the molecule is CC(C)c1nc(C(=O)N2C[C@@H](c3ccccc3)O[C@@H](C3CC3)C2)cs1. The Labute approximate surface area is 152 Å². The zero-order valence-corrected chi connectivity index (χ0v) is 15.5. The number of benzene rings is 1. The number of carbonyl (C=O) groups excluding carboxylic acids is 1. The molecule has 4 nitrogen and oxygen atoms in total. The largest absolute Gasteiger partial charge is 0.366 e. The third-order valence-electron chi connectivity index (χ3n) is 4.97. The van der Waals surface area contributed by atoms with Gasteiger partial charge in [-0.25, -0.2) is 4.98 Å². The fourth-order valence-corrected chi connectivity index (χ4v) is 4.16. The molecule has 1 aromatic heterocycles. The second-order valence-electron chi connectivity index (χ2n) is 7.35. The summed E-state index contributed by atoms with van der Waals surface area (Å²) in [4.78, 5) is 19.5. The number of hydrogen-bond acceptors (Lipinski definition) is 4. The first kappa shape index (κ1) is 16.7. The van der Waals surface area contributed by atoms with Crippen LogP contribution in [0.25, 0.3) is 0 Å². The molecule has 0 radical (unpaired) electrons. The quantitative estimate of drug-likeness (QED) is 0.822. The number of rotatable bonds is 4. The van der Waals surface area contributed by atoms with Gasteiger partial charge in [0.05, 0.1) is 17.7 Å². The Kier molecular flexibility index (Phi) is 4.61. The molecule has 0 unspecified atom stereocenters. The van der Waals surface area contributed by atoms with Crippen LogP contribution in [-0.2, 0) is 4.74 Å². The van der Waals surface area contributed by atoms with Crippen LogP contribution in [0.15, 0.2) is 35.7 Å². The molecule has 5 heteroatoms. The lowest BCUT2D eigenvalue weighted by atomic mass is 10.0. The smallest absolute Gasteiger partial charge is 0.273 e. The van der Waals surface area contributed by atoms with Crippen LogP contribution in [0, 0.1) is 5.92 Å². The average molecular weight is 356 g/mol. The zero-order chi connectivity index (χ0) is 17.4. The van der Waals surface area contributed by atoms with Crippen molar-refractivity contribution in [1.29, 1.82) is 0 Å². The number of carbonyl (C=O) groups is 1. The number of nitrogens with zero attached hydrogens (tertiary/aromatic N) is 2. The van der Waals surface area contributed by atoms with E-state index in [1.807, 2.05) is 28.5 Å². The minimum Gasteiger partial charge on any atom is -0.366 e. The Balaban J connectivity index is 1.55. The Morgan fingerprint density at radius 2 is 2.00 bits per heavy atom. The van der Waals surface area contributed by atoms with E-state index in [1.54, 1.807) is 11.3 Å². The van der Waals surface area contributed by atoms with Crippen molar-refractivity contribution >= 4 is 17.2 Å². The van der Waals surface area contributed by atoms with Gasteiger partial charge in [-0.15, -0.1) is 11.3 Å². The minimum atomic E-state index is -0.0484. The van der Waals surface area contributed by atoms with E-state index in [1.165, 1.54) is 12.8 Å². The fraction of sp³-hybridized carbons (Fsp3) is 0.500. The van der Waals surface area contributed by atoms with Gasteiger partial charge in [0.2, 0.25) is 0 Å². The summed E-state index contributed by atoms with van der Waals surface area (Å²) < 4.78 is 6.34. The average Bonchev–Trinajstić information content (AvgIpc) is 3.37. The number of thiazole rings is 1. The number of ether oxygens (including phenoxy) is 1. The van der Waals surface area contributed by atoms with Crippen molar-refractivity contribution in [1.82, 2.24) is 9.88 Å². The van der Waals surface area contributed by atoms with Crippen LogP contribution in [0.2, 0.25) is 0 Å². The van der Waals surface area contributed by atoms with Gasteiger partial charge in [0.25, 0.3) is 5.91 Å². The Morgan fingerprint density at radius 3 is 2.64 bits per heavy atom. The normalized spacial score (nSPS) is 23.9. The van der Waals surface area contributed by atoms with Gasteiger partial charge in [0.15, 0.2) is 0 Å². The topological polar surface area (TPSA) is 42.4 Å². The summed E-state index contributed by atoms with van der Waals surface area (Å²) in [6.07, 6.45) is 2.52. The van der Waals surface area contributed by atoms with Gasteiger partial charge in [0, 0.05) is 17.8 Å². The number of aromatic nitrogens is 1. The molecular formula is C20H24N2O2S. The predicted molar refractivity (Wildman–Crippen MR) is 98.9 cm³/mol. The van der Waals surface area contributed by atoms with Gasteiger partial charge in [-0.2, -0.15) is 0 Å². The van der Waals surface area contributed by atoms with E-state index < -0.39 is 0 Å². The Bertz CT molecular complexity index is 739. The second kappa shape index (κ2) is 6.89. The van der Waals surface area contributed by atoms with Crippen LogP contribution >= 0.6 is 11.3 Å². The van der Waals surface area contributed by atoms with Crippen molar-refractivity contribution in [2.24, 2.45) is 5.92 Å². The standard InChI is InChI=1S/C20H24N2O2S/c1-13(2)19-21-16(12-25-19)20(23)22-10-17(14-6-4-3-5-7-14)24-18(11-22)15-8-9-15/h3-7,12-13,15,17-18H,8-11H2,1-2H3/t17-,18+/m0/s1. The van der Waals surface area contributed by atoms with Crippen LogP contribution in [0.1, 0.15) is 59.8 Å². The van der Waals surface area contributed by atoms with Crippen molar-refractivity contribution in [3.05, 3.63) is 52.0 Å². The van der Waals surface area contributed by atoms with Crippen LogP contribution in [-0.4, -0.2) is 35.0 Å². The number of morpholine rings is 1. The van der Waals surface area contributed by atoms with Gasteiger partial charge < -0.3 is 9.64 Å². The highest BCUT2D eigenvalue weighted by atomic mass is 32.1. The summed E-state index contributed by atoms with van der Waals surface area (Å²) in [5.74, 6) is 0.994. The molecule has 1 aliphatic carbocycles. The summed E-state index contributed by atoms with van der Waals surface area (Å²) in [6, 6.07) is 10.2. The third-order valence-corrected chi connectivity index (χ3v) is 6.11. The summed E-state index contributed by atoms with van der Waals surface area (Å²) >= 11 is 1.58. The molecule has 2 aromatic rings. The van der Waals surface area contributed by atoms with E-state index in [4.69, 9.17) is 4.74 Å². The fourth-order valence-electron chi connectivity index (χ4n) is 3.35. The van der Waals surface area contributed by atoms with Gasteiger partial charge in [0.1, 0.15) is 11.8 Å². The predicted octanol–water partition coefficient (Wildman–Crippen LogP) is 4.26. The van der Waals surface area contributed by atoms with Gasteiger partial charge >= 0.3 is 0 Å². The monoisotopic (exact) mass is 356 g/mol. The van der Waals surface area contributed by atoms with Crippen molar-refractivity contribution in [2.75, 3.05) is 13.1 Å². The van der Waals surface area contributed by atoms with Crippen molar-refractivity contribution in [3.8, 4) is 0 Å². The van der Waals surface area contributed by atoms with Crippen molar-refractivity contribution < 1.29 is 9.53 Å². The maximum atomic E-state index is 13.0. The number of hydrogen-bond donors (Lipinski definition) is 0. The first-order chi connectivity index (χ1) is 12.1. The first-order valence-corrected chi connectivity index (χ1v) is 9.95. The lowest BCUT2D eigenvalue weighted by molar-refractivity contribution is -0.0864. The van der Waals surface area contributed by atoms with E-state index in [0.29, 0.717) is 30.6 Å². The van der Waals surface area contributed by atoms with Gasteiger partial charge in [-0.05, 0) is 24.3 Å². The lowest BCUT2D eigenvalue weighted by Crippen LogP contribution is -2.47. The van der Waals surface area contributed by atoms with E-state index in [2.05, 4.69) is 31.0 Å². The molecule has 1 saturated carbocycles. The molecule has 2 aliphatic rings. The van der Waals surface area contributed by atoms with E-state index in [-0.39, 0.29) is 18.1 Å². The van der Waals surface area contributed by atoms with E-state index >= 15 is 0 Å².